The molecule has 0 saturated carbocycles. The van der Waals surface area contributed by atoms with Gasteiger partial charge in [0.15, 0.2) is 6.04 Å². The molecule has 0 aliphatic carbocycles. The van der Waals surface area contributed by atoms with Crippen LogP contribution in [0, 0.1) is 0 Å². The van der Waals surface area contributed by atoms with Crippen molar-refractivity contribution in [2.75, 3.05) is 7.11 Å². The zero-order valence-electron chi connectivity index (χ0n) is 21.4. The number of benzene rings is 4. The van der Waals surface area contributed by atoms with Crippen molar-refractivity contribution in [3.8, 4) is 11.5 Å². The van der Waals surface area contributed by atoms with Gasteiger partial charge >= 0.3 is 5.97 Å². The van der Waals surface area contributed by atoms with E-state index in [4.69, 9.17) is 14.1 Å². The standard InChI is InChI=1S/C32H27N3O3S/c1-37-31(36)28(33-29(25-14-5-2-6-15-25)26-16-7-3-8-17-26)21-23-12-11-13-24(20-23)22-39-32-35-34-30(38-32)27-18-9-4-10-19-27/h2-20,28H,21-22H2,1H3. The number of hydrogen-bond acceptors (Lipinski definition) is 7. The second kappa shape index (κ2) is 12.8. The van der Waals surface area contributed by atoms with Gasteiger partial charge in [-0.05, 0) is 23.3 Å². The predicted molar refractivity (Wildman–Crippen MR) is 154 cm³/mol. The van der Waals surface area contributed by atoms with Gasteiger partial charge in [0.1, 0.15) is 0 Å². The fraction of sp³-hybridized carbons (Fsp3) is 0.125. The van der Waals surface area contributed by atoms with Crippen LogP contribution in [0.4, 0.5) is 0 Å². The number of aromatic nitrogens is 2. The van der Waals surface area contributed by atoms with E-state index >= 15 is 0 Å². The Morgan fingerprint density at radius 2 is 1.44 bits per heavy atom. The van der Waals surface area contributed by atoms with E-state index in [-0.39, 0.29) is 5.97 Å². The molecule has 5 rings (SSSR count). The molecule has 1 atom stereocenters. The predicted octanol–water partition coefficient (Wildman–Crippen LogP) is 6.65. The SMILES string of the molecule is COC(=O)C(Cc1cccc(CSc2nnc(-c3ccccc3)o2)c1)N=C(c1ccccc1)c1ccccc1. The van der Waals surface area contributed by atoms with Gasteiger partial charge in [0, 0.05) is 28.9 Å². The van der Waals surface area contributed by atoms with Gasteiger partial charge in [-0.2, -0.15) is 0 Å². The molecule has 0 saturated heterocycles. The van der Waals surface area contributed by atoms with E-state index < -0.39 is 6.04 Å². The maximum Gasteiger partial charge on any atom is 0.330 e. The number of carbonyl (C=O) groups excluding carboxylic acids is 1. The van der Waals surface area contributed by atoms with Crippen LogP contribution in [0.5, 0.6) is 0 Å². The smallest absolute Gasteiger partial charge is 0.330 e. The third-order valence-corrected chi connectivity index (χ3v) is 6.95. The summed E-state index contributed by atoms with van der Waals surface area (Å²) in [6.07, 6.45) is 0.410. The number of ether oxygens (including phenoxy) is 1. The minimum atomic E-state index is -0.697. The van der Waals surface area contributed by atoms with Crippen molar-refractivity contribution in [2.24, 2.45) is 4.99 Å². The Morgan fingerprint density at radius 3 is 2.08 bits per heavy atom. The lowest BCUT2D eigenvalue weighted by atomic mass is 10.00. The number of carbonyl (C=O) groups is 1. The Kier molecular flexibility index (Phi) is 8.61. The monoisotopic (exact) mass is 533 g/mol. The number of hydrogen-bond donors (Lipinski definition) is 0. The van der Waals surface area contributed by atoms with Gasteiger partial charge < -0.3 is 9.15 Å². The zero-order chi connectivity index (χ0) is 26.9. The minimum Gasteiger partial charge on any atom is -0.467 e. The summed E-state index contributed by atoms with van der Waals surface area (Å²) < 4.78 is 11.0. The molecule has 7 heteroatoms. The lowest BCUT2D eigenvalue weighted by Crippen LogP contribution is -2.25. The second-order valence-electron chi connectivity index (χ2n) is 8.80. The van der Waals surface area contributed by atoms with Crippen molar-refractivity contribution in [2.45, 2.75) is 23.4 Å². The lowest BCUT2D eigenvalue weighted by molar-refractivity contribution is -0.142. The molecule has 0 N–H and O–H groups in total. The molecular weight excluding hydrogens is 506 g/mol. The summed E-state index contributed by atoms with van der Waals surface area (Å²) in [6, 6.07) is 36.9. The molecule has 0 bridgehead atoms. The Morgan fingerprint density at radius 1 is 0.821 bits per heavy atom. The van der Waals surface area contributed by atoms with Crippen molar-refractivity contribution in [1.82, 2.24) is 10.2 Å². The number of aliphatic imine (C=N–C) groups is 1. The summed E-state index contributed by atoms with van der Waals surface area (Å²) in [4.78, 5) is 17.8. The molecule has 0 spiro atoms. The molecule has 0 fully saturated rings. The molecule has 39 heavy (non-hydrogen) atoms. The van der Waals surface area contributed by atoms with Crippen LogP contribution in [0.15, 0.2) is 130 Å². The maximum atomic E-state index is 12.9. The molecule has 0 amide bonds. The molecular formula is C32H27N3O3S. The van der Waals surface area contributed by atoms with Crippen LogP contribution in [-0.4, -0.2) is 35.0 Å². The first-order chi connectivity index (χ1) is 19.2. The highest BCUT2D eigenvalue weighted by Crippen LogP contribution is 2.26. The number of thioether (sulfide) groups is 1. The largest absolute Gasteiger partial charge is 0.467 e. The Labute approximate surface area is 231 Å². The molecule has 0 radical (unpaired) electrons. The van der Waals surface area contributed by atoms with Crippen LogP contribution >= 0.6 is 11.8 Å². The molecule has 4 aromatic carbocycles. The van der Waals surface area contributed by atoms with Gasteiger partial charge in [0.25, 0.3) is 5.22 Å². The maximum absolute atomic E-state index is 12.9. The number of nitrogens with zero attached hydrogens (tertiary/aromatic N) is 3. The van der Waals surface area contributed by atoms with Gasteiger partial charge in [-0.25, -0.2) is 4.79 Å². The Bertz CT molecular complexity index is 1500. The molecule has 0 aliphatic heterocycles. The Hall–Kier alpha value is -4.49. The summed E-state index contributed by atoms with van der Waals surface area (Å²) in [5.41, 5.74) is 5.59. The number of rotatable bonds is 10. The normalized spacial score (nSPS) is 11.5. The van der Waals surface area contributed by atoms with E-state index in [1.54, 1.807) is 0 Å². The van der Waals surface area contributed by atoms with E-state index in [1.807, 2.05) is 109 Å². The number of esters is 1. The van der Waals surface area contributed by atoms with Crippen molar-refractivity contribution in [3.05, 3.63) is 138 Å². The van der Waals surface area contributed by atoms with Crippen LogP contribution in [0.2, 0.25) is 0 Å². The van der Waals surface area contributed by atoms with E-state index in [9.17, 15) is 4.79 Å². The van der Waals surface area contributed by atoms with Crippen LogP contribution in [0.3, 0.4) is 0 Å². The van der Waals surface area contributed by atoms with Gasteiger partial charge in [-0.1, -0.05) is 115 Å². The summed E-state index contributed by atoms with van der Waals surface area (Å²) >= 11 is 1.47. The third-order valence-electron chi connectivity index (χ3n) is 6.06. The summed E-state index contributed by atoms with van der Waals surface area (Å²) in [7, 11) is 1.40. The first-order valence-corrected chi connectivity index (χ1v) is 13.5. The highest BCUT2D eigenvalue weighted by atomic mass is 32.2. The Balaban J connectivity index is 1.34. The molecule has 1 aromatic heterocycles. The highest BCUT2D eigenvalue weighted by molar-refractivity contribution is 7.98. The summed E-state index contributed by atoms with van der Waals surface area (Å²) in [5, 5.41) is 8.83. The van der Waals surface area contributed by atoms with Crippen LogP contribution in [0.25, 0.3) is 11.5 Å². The van der Waals surface area contributed by atoms with E-state index in [1.165, 1.54) is 18.9 Å². The average molecular weight is 534 g/mol. The first-order valence-electron chi connectivity index (χ1n) is 12.6. The first kappa shape index (κ1) is 26.1. The van der Waals surface area contributed by atoms with E-state index in [0.717, 1.165) is 33.5 Å². The fourth-order valence-electron chi connectivity index (χ4n) is 4.16. The summed E-state index contributed by atoms with van der Waals surface area (Å²) in [5.74, 6) is 0.770. The minimum absolute atomic E-state index is 0.376. The topological polar surface area (TPSA) is 77.6 Å². The van der Waals surface area contributed by atoms with Gasteiger partial charge in [-0.15, -0.1) is 10.2 Å². The quantitative estimate of drug-likeness (QED) is 0.114. The third kappa shape index (κ3) is 6.89. The van der Waals surface area contributed by atoms with Gasteiger partial charge in [0.05, 0.1) is 12.8 Å². The van der Waals surface area contributed by atoms with Crippen molar-refractivity contribution >= 4 is 23.4 Å². The number of methoxy groups -OCH3 is 1. The molecule has 194 valence electrons. The van der Waals surface area contributed by atoms with Crippen LogP contribution < -0.4 is 0 Å². The fourth-order valence-corrected chi connectivity index (χ4v) is 4.87. The van der Waals surface area contributed by atoms with Crippen LogP contribution in [0.1, 0.15) is 22.3 Å². The van der Waals surface area contributed by atoms with Gasteiger partial charge in [-0.3, -0.25) is 4.99 Å². The van der Waals surface area contributed by atoms with Gasteiger partial charge in [0.2, 0.25) is 5.89 Å². The highest BCUT2D eigenvalue weighted by Gasteiger charge is 2.21. The average Bonchev–Trinajstić information content (AvgIpc) is 3.48. The van der Waals surface area contributed by atoms with Crippen LogP contribution in [-0.2, 0) is 21.7 Å². The molecule has 6 nitrogen and oxygen atoms in total. The molecule has 0 aliphatic rings. The van der Waals surface area contributed by atoms with E-state index in [0.29, 0.717) is 23.3 Å². The molecule has 1 unspecified atom stereocenters. The second-order valence-corrected chi connectivity index (χ2v) is 9.73. The summed E-state index contributed by atoms with van der Waals surface area (Å²) in [6.45, 7) is 0. The van der Waals surface area contributed by atoms with Crippen molar-refractivity contribution < 1.29 is 13.9 Å². The lowest BCUT2D eigenvalue weighted by Gasteiger charge is -2.15. The zero-order valence-corrected chi connectivity index (χ0v) is 22.3. The molecule has 1 heterocycles. The van der Waals surface area contributed by atoms with E-state index in [2.05, 4.69) is 16.3 Å². The van der Waals surface area contributed by atoms with Crippen molar-refractivity contribution in [3.63, 3.8) is 0 Å². The van der Waals surface area contributed by atoms with Crippen molar-refractivity contribution in [1.29, 1.82) is 0 Å². The molecule has 5 aromatic rings.